The highest BCUT2D eigenvalue weighted by Crippen LogP contribution is 2.25. The number of hydrogen-bond donors (Lipinski definition) is 0. The van der Waals surface area contributed by atoms with Crippen LogP contribution >= 0.6 is 0 Å². The van der Waals surface area contributed by atoms with Crippen LogP contribution in [0.1, 0.15) is 65.7 Å². The summed E-state index contributed by atoms with van der Waals surface area (Å²) in [5.41, 5.74) is 0. The summed E-state index contributed by atoms with van der Waals surface area (Å²) < 4.78 is 5.53. The van der Waals surface area contributed by atoms with Crippen LogP contribution in [0.2, 0.25) is 0 Å². The standard InChI is InChI=1S/C16H31NO2/c1-5-13(3)9-7-11-16(18)17-12-8-10-14(17)15(6-2)19-4/h13-15H,5-12H2,1-4H3/t13-,14-,15+/m0/s1. The van der Waals surface area contributed by atoms with Crippen LogP contribution in [0.3, 0.4) is 0 Å². The molecule has 0 aromatic carbocycles. The second-order valence-electron chi connectivity index (χ2n) is 5.88. The van der Waals surface area contributed by atoms with Crippen LogP contribution in [-0.4, -0.2) is 36.6 Å². The zero-order valence-electron chi connectivity index (χ0n) is 13.2. The predicted octanol–water partition coefficient (Wildman–Crippen LogP) is 3.62. The lowest BCUT2D eigenvalue weighted by atomic mass is 10.0. The lowest BCUT2D eigenvalue weighted by Crippen LogP contribution is -2.43. The van der Waals surface area contributed by atoms with E-state index >= 15 is 0 Å². The maximum Gasteiger partial charge on any atom is 0.222 e. The molecule has 1 rings (SSSR count). The number of amides is 1. The van der Waals surface area contributed by atoms with Gasteiger partial charge in [0.2, 0.25) is 5.91 Å². The molecule has 3 heteroatoms. The number of ether oxygens (including phenoxy) is 1. The molecule has 3 nitrogen and oxygen atoms in total. The van der Waals surface area contributed by atoms with Crippen molar-refractivity contribution in [3.63, 3.8) is 0 Å². The summed E-state index contributed by atoms with van der Waals surface area (Å²) in [6.07, 6.45) is 7.54. The molecule has 1 saturated heterocycles. The van der Waals surface area contributed by atoms with Gasteiger partial charge < -0.3 is 9.64 Å². The van der Waals surface area contributed by atoms with E-state index in [1.165, 1.54) is 12.8 Å². The molecule has 1 aliphatic heterocycles. The van der Waals surface area contributed by atoms with E-state index in [0.717, 1.165) is 38.1 Å². The largest absolute Gasteiger partial charge is 0.379 e. The van der Waals surface area contributed by atoms with Gasteiger partial charge in [-0.25, -0.2) is 0 Å². The Morgan fingerprint density at radius 2 is 2.11 bits per heavy atom. The minimum absolute atomic E-state index is 0.209. The fourth-order valence-electron chi connectivity index (χ4n) is 3.03. The number of hydrogen-bond acceptors (Lipinski definition) is 2. The van der Waals surface area contributed by atoms with Crippen LogP contribution in [0.4, 0.5) is 0 Å². The van der Waals surface area contributed by atoms with Crippen molar-refractivity contribution in [1.82, 2.24) is 4.90 Å². The van der Waals surface area contributed by atoms with E-state index in [2.05, 4.69) is 25.7 Å². The van der Waals surface area contributed by atoms with Crippen molar-refractivity contribution >= 4 is 5.91 Å². The fourth-order valence-corrected chi connectivity index (χ4v) is 3.03. The first-order chi connectivity index (χ1) is 9.13. The normalized spacial score (nSPS) is 22.5. The van der Waals surface area contributed by atoms with E-state index in [1.54, 1.807) is 7.11 Å². The smallest absolute Gasteiger partial charge is 0.222 e. The van der Waals surface area contributed by atoms with Crippen LogP contribution < -0.4 is 0 Å². The summed E-state index contributed by atoms with van der Waals surface area (Å²) in [5, 5.41) is 0. The highest BCUT2D eigenvalue weighted by atomic mass is 16.5. The van der Waals surface area contributed by atoms with Gasteiger partial charge in [-0.15, -0.1) is 0 Å². The monoisotopic (exact) mass is 269 g/mol. The van der Waals surface area contributed by atoms with Crippen LogP contribution in [0, 0.1) is 5.92 Å². The van der Waals surface area contributed by atoms with E-state index in [4.69, 9.17) is 4.74 Å². The molecule has 0 bridgehead atoms. The van der Waals surface area contributed by atoms with E-state index in [-0.39, 0.29) is 6.10 Å². The van der Waals surface area contributed by atoms with Crippen molar-refractivity contribution in [2.24, 2.45) is 5.92 Å². The molecule has 3 atom stereocenters. The second-order valence-corrected chi connectivity index (χ2v) is 5.88. The van der Waals surface area contributed by atoms with Crippen LogP contribution in [0.25, 0.3) is 0 Å². The number of methoxy groups -OCH3 is 1. The van der Waals surface area contributed by atoms with Gasteiger partial charge in [0, 0.05) is 20.1 Å². The summed E-state index contributed by atoms with van der Waals surface area (Å²) in [4.78, 5) is 14.4. The summed E-state index contributed by atoms with van der Waals surface area (Å²) in [7, 11) is 1.76. The van der Waals surface area contributed by atoms with E-state index in [0.29, 0.717) is 18.4 Å². The Bertz CT molecular complexity index is 263. The van der Waals surface area contributed by atoms with Crippen LogP contribution in [0.5, 0.6) is 0 Å². The maximum atomic E-state index is 12.3. The quantitative estimate of drug-likeness (QED) is 0.673. The topological polar surface area (TPSA) is 29.5 Å². The first-order valence-electron chi connectivity index (χ1n) is 7.96. The highest BCUT2D eigenvalue weighted by molar-refractivity contribution is 5.76. The van der Waals surface area contributed by atoms with Gasteiger partial charge in [-0.3, -0.25) is 4.79 Å². The first-order valence-corrected chi connectivity index (χ1v) is 7.96. The molecule has 0 N–H and O–H groups in total. The molecule has 1 amide bonds. The molecule has 0 aliphatic carbocycles. The third-order valence-corrected chi connectivity index (χ3v) is 4.54. The molecule has 19 heavy (non-hydrogen) atoms. The lowest BCUT2D eigenvalue weighted by Gasteiger charge is -2.30. The first kappa shape index (κ1) is 16.5. The minimum Gasteiger partial charge on any atom is -0.379 e. The van der Waals surface area contributed by atoms with Gasteiger partial charge in [-0.05, 0) is 31.6 Å². The molecule has 0 aromatic rings. The predicted molar refractivity (Wildman–Crippen MR) is 79.1 cm³/mol. The maximum absolute atomic E-state index is 12.3. The lowest BCUT2D eigenvalue weighted by molar-refractivity contribution is -0.134. The van der Waals surface area contributed by atoms with Crippen molar-refractivity contribution in [2.75, 3.05) is 13.7 Å². The molecular weight excluding hydrogens is 238 g/mol. The third-order valence-electron chi connectivity index (χ3n) is 4.54. The number of rotatable bonds is 8. The Kier molecular flexibility index (Phi) is 7.44. The summed E-state index contributed by atoms with van der Waals surface area (Å²) in [6.45, 7) is 7.54. The molecule has 1 fully saturated rings. The third kappa shape index (κ3) is 4.79. The van der Waals surface area contributed by atoms with Crippen molar-refractivity contribution in [3.05, 3.63) is 0 Å². The molecule has 1 aliphatic rings. The Hall–Kier alpha value is -0.570. The van der Waals surface area contributed by atoms with E-state index < -0.39 is 0 Å². The number of likely N-dealkylation sites (tertiary alicyclic amines) is 1. The van der Waals surface area contributed by atoms with Gasteiger partial charge in [-0.1, -0.05) is 33.6 Å². The van der Waals surface area contributed by atoms with Gasteiger partial charge in [0.1, 0.15) is 0 Å². The van der Waals surface area contributed by atoms with E-state index in [9.17, 15) is 4.79 Å². The Morgan fingerprint density at radius 3 is 2.68 bits per heavy atom. The zero-order valence-corrected chi connectivity index (χ0v) is 13.2. The molecule has 0 aromatic heterocycles. The molecular formula is C16H31NO2. The van der Waals surface area contributed by atoms with Gasteiger partial charge in [0.15, 0.2) is 0 Å². The highest BCUT2D eigenvalue weighted by Gasteiger charge is 2.33. The SMILES string of the molecule is CC[C@H](C)CCCC(=O)N1CCC[C@H]1[C@@H](CC)OC. The minimum atomic E-state index is 0.209. The number of nitrogens with zero attached hydrogens (tertiary/aromatic N) is 1. The Labute approximate surface area is 118 Å². The van der Waals surface area contributed by atoms with Gasteiger partial charge in [0.05, 0.1) is 12.1 Å². The molecule has 0 spiro atoms. The average Bonchev–Trinajstić information content (AvgIpc) is 2.89. The summed E-state index contributed by atoms with van der Waals surface area (Å²) >= 11 is 0. The van der Waals surface area contributed by atoms with Gasteiger partial charge in [0.25, 0.3) is 0 Å². The summed E-state index contributed by atoms with van der Waals surface area (Å²) in [5.74, 6) is 1.07. The van der Waals surface area contributed by atoms with Crippen molar-refractivity contribution in [3.8, 4) is 0 Å². The number of carbonyl (C=O) groups excluding carboxylic acids is 1. The molecule has 112 valence electrons. The molecule has 0 unspecified atom stereocenters. The van der Waals surface area contributed by atoms with Crippen molar-refractivity contribution in [1.29, 1.82) is 0 Å². The van der Waals surface area contributed by atoms with Crippen molar-refractivity contribution < 1.29 is 9.53 Å². The van der Waals surface area contributed by atoms with Gasteiger partial charge in [-0.2, -0.15) is 0 Å². The van der Waals surface area contributed by atoms with Gasteiger partial charge >= 0.3 is 0 Å². The second kappa shape index (κ2) is 8.57. The molecule has 1 heterocycles. The average molecular weight is 269 g/mol. The Morgan fingerprint density at radius 1 is 1.37 bits per heavy atom. The summed E-state index contributed by atoms with van der Waals surface area (Å²) in [6, 6.07) is 0.311. The van der Waals surface area contributed by atoms with Crippen molar-refractivity contribution in [2.45, 2.75) is 77.9 Å². The zero-order chi connectivity index (χ0) is 14.3. The fraction of sp³-hybridized carbons (Fsp3) is 0.938. The number of carbonyl (C=O) groups is 1. The van der Waals surface area contributed by atoms with E-state index in [1.807, 2.05) is 0 Å². The molecule has 0 saturated carbocycles. The Balaban J connectivity index is 2.42. The van der Waals surface area contributed by atoms with Crippen LogP contribution in [0.15, 0.2) is 0 Å². The van der Waals surface area contributed by atoms with Crippen LogP contribution in [-0.2, 0) is 9.53 Å². The molecule has 0 radical (unpaired) electrons.